The van der Waals surface area contributed by atoms with Gasteiger partial charge in [-0.1, -0.05) is 50.8 Å². The van der Waals surface area contributed by atoms with Gasteiger partial charge in [-0.25, -0.2) is 0 Å². The Balaban J connectivity index is 2.60. The lowest BCUT2D eigenvalue weighted by atomic mass is 9.93. The summed E-state index contributed by atoms with van der Waals surface area (Å²) in [6.07, 6.45) is 5.75. The summed E-state index contributed by atoms with van der Waals surface area (Å²) in [5.74, 6) is -0.238. The van der Waals surface area contributed by atoms with E-state index in [2.05, 4.69) is 6.92 Å². The van der Waals surface area contributed by atoms with E-state index in [-0.39, 0.29) is 5.92 Å². The number of carboxylic acid groups (broad SMARTS) is 1. The third-order valence-corrected chi connectivity index (χ3v) is 3.41. The van der Waals surface area contributed by atoms with E-state index in [0.29, 0.717) is 6.42 Å². The van der Waals surface area contributed by atoms with Gasteiger partial charge in [0.25, 0.3) is 0 Å². The lowest BCUT2D eigenvalue weighted by Crippen LogP contribution is -2.16. The molecular weight excluding hydrogens is 240 g/mol. The molecule has 1 atom stereocenters. The number of ether oxygens (including phenoxy) is 1. The van der Waals surface area contributed by atoms with E-state index in [9.17, 15) is 9.90 Å². The van der Waals surface area contributed by atoms with Crippen LogP contribution in [0.15, 0.2) is 24.3 Å². The number of aliphatic carboxylic acids is 1. The number of carbonyl (C=O) groups is 1. The molecule has 1 aromatic carbocycles. The molecule has 0 bridgehead atoms. The summed E-state index contributed by atoms with van der Waals surface area (Å²) in [5.41, 5.74) is 0.980. The van der Waals surface area contributed by atoms with Crippen molar-refractivity contribution in [2.75, 3.05) is 7.11 Å². The first-order chi connectivity index (χ1) is 9.19. The maximum atomic E-state index is 11.3. The van der Waals surface area contributed by atoms with Crippen molar-refractivity contribution in [2.45, 2.75) is 45.4 Å². The third-order valence-electron chi connectivity index (χ3n) is 3.41. The highest BCUT2D eigenvalue weighted by Gasteiger charge is 2.19. The third kappa shape index (κ3) is 5.33. The Labute approximate surface area is 115 Å². The van der Waals surface area contributed by atoms with Crippen molar-refractivity contribution < 1.29 is 14.6 Å². The fourth-order valence-corrected chi connectivity index (χ4v) is 2.27. The molecule has 0 amide bonds. The summed E-state index contributed by atoms with van der Waals surface area (Å²) >= 11 is 0. The first kappa shape index (κ1) is 15.5. The highest BCUT2D eigenvalue weighted by Crippen LogP contribution is 2.23. The Bertz CT molecular complexity index is 387. The monoisotopic (exact) mass is 264 g/mol. The van der Waals surface area contributed by atoms with Crippen LogP contribution in [0.2, 0.25) is 0 Å². The second-order valence-corrected chi connectivity index (χ2v) is 4.90. The maximum Gasteiger partial charge on any atom is 0.306 e. The summed E-state index contributed by atoms with van der Waals surface area (Å²) in [6.45, 7) is 2.16. The molecule has 3 nitrogen and oxygen atoms in total. The van der Waals surface area contributed by atoms with Crippen LogP contribution < -0.4 is 4.74 Å². The lowest BCUT2D eigenvalue weighted by molar-refractivity contribution is -0.142. The van der Waals surface area contributed by atoms with Gasteiger partial charge in [-0.3, -0.25) is 4.79 Å². The quantitative estimate of drug-likeness (QED) is 0.688. The Kier molecular flexibility index (Phi) is 7.01. The summed E-state index contributed by atoms with van der Waals surface area (Å²) in [6, 6.07) is 7.65. The number of para-hydroxylation sites is 1. The van der Waals surface area contributed by atoms with Crippen molar-refractivity contribution in [1.29, 1.82) is 0 Å². The first-order valence-electron chi connectivity index (χ1n) is 7.03. The van der Waals surface area contributed by atoms with E-state index >= 15 is 0 Å². The summed E-state index contributed by atoms with van der Waals surface area (Å²) in [4.78, 5) is 11.3. The number of hydrogen-bond donors (Lipinski definition) is 1. The van der Waals surface area contributed by atoms with Crippen molar-refractivity contribution in [2.24, 2.45) is 5.92 Å². The van der Waals surface area contributed by atoms with E-state index in [0.717, 1.165) is 30.6 Å². The van der Waals surface area contributed by atoms with Gasteiger partial charge in [0.15, 0.2) is 0 Å². The number of benzene rings is 1. The molecule has 0 saturated carbocycles. The molecule has 0 aliphatic carbocycles. The SMILES string of the molecule is CCCCCCC(Cc1ccccc1OC)C(=O)O. The second-order valence-electron chi connectivity index (χ2n) is 4.90. The van der Waals surface area contributed by atoms with Crippen LogP contribution in [0.5, 0.6) is 5.75 Å². The molecular formula is C16H24O3. The molecule has 1 rings (SSSR count). The van der Waals surface area contributed by atoms with Gasteiger partial charge in [-0.2, -0.15) is 0 Å². The average molecular weight is 264 g/mol. The zero-order chi connectivity index (χ0) is 14.1. The van der Waals surface area contributed by atoms with Crippen LogP contribution in [0.1, 0.15) is 44.6 Å². The van der Waals surface area contributed by atoms with Crippen LogP contribution in [0.25, 0.3) is 0 Å². The molecule has 0 radical (unpaired) electrons. The van der Waals surface area contributed by atoms with Crippen LogP contribution in [0, 0.1) is 5.92 Å². The van der Waals surface area contributed by atoms with Crippen molar-refractivity contribution in [1.82, 2.24) is 0 Å². The van der Waals surface area contributed by atoms with Crippen molar-refractivity contribution >= 4 is 5.97 Å². The van der Waals surface area contributed by atoms with Gasteiger partial charge < -0.3 is 9.84 Å². The minimum Gasteiger partial charge on any atom is -0.496 e. The van der Waals surface area contributed by atoms with Crippen molar-refractivity contribution in [3.8, 4) is 5.75 Å². The molecule has 1 aromatic rings. The van der Waals surface area contributed by atoms with Crippen molar-refractivity contribution in [3.63, 3.8) is 0 Å². The zero-order valence-corrected chi connectivity index (χ0v) is 11.9. The van der Waals surface area contributed by atoms with E-state index in [4.69, 9.17) is 4.74 Å². The number of hydrogen-bond acceptors (Lipinski definition) is 2. The Hall–Kier alpha value is -1.51. The van der Waals surface area contributed by atoms with Crippen LogP contribution in [0.4, 0.5) is 0 Å². The summed E-state index contributed by atoms with van der Waals surface area (Å²) in [7, 11) is 1.62. The molecule has 19 heavy (non-hydrogen) atoms. The number of unbranched alkanes of at least 4 members (excludes halogenated alkanes) is 3. The normalized spacial score (nSPS) is 12.1. The molecule has 0 aromatic heterocycles. The minimum absolute atomic E-state index is 0.312. The number of methoxy groups -OCH3 is 1. The first-order valence-corrected chi connectivity index (χ1v) is 7.03. The highest BCUT2D eigenvalue weighted by atomic mass is 16.5. The Morgan fingerprint density at radius 2 is 2.00 bits per heavy atom. The van der Waals surface area contributed by atoms with E-state index in [1.807, 2.05) is 24.3 Å². The summed E-state index contributed by atoms with van der Waals surface area (Å²) < 4.78 is 5.28. The molecule has 0 aliphatic heterocycles. The van der Waals surface area contributed by atoms with Crippen LogP contribution >= 0.6 is 0 Å². The highest BCUT2D eigenvalue weighted by molar-refractivity contribution is 5.70. The van der Waals surface area contributed by atoms with Gasteiger partial charge >= 0.3 is 5.97 Å². The lowest BCUT2D eigenvalue weighted by Gasteiger charge is -2.14. The molecule has 1 N–H and O–H groups in total. The zero-order valence-electron chi connectivity index (χ0n) is 11.9. The number of carboxylic acids is 1. The van der Waals surface area contributed by atoms with E-state index in [1.165, 1.54) is 12.8 Å². The molecule has 0 saturated heterocycles. The fourth-order valence-electron chi connectivity index (χ4n) is 2.27. The van der Waals surface area contributed by atoms with Gasteiger partial charge in [0.2, 0.25) is 0 Å². The maximum absolute atomic E-state index is 11.3. The van der Waals surface area contributed by atoms with Crippen LogP contribution in [0.3, 0.4) is 0 Å². The Morgan fingerprint density at radius 1 is 1.26 bits per heavy atom. The predicted molar refractivity (Wildman–Crippen MR) is 76.6 cm³/mol. The Morgan fingerprint density at radius 3 is 2.63 bits per heavy atom. The van der Waals surface area contributed by atoms with Crippen LogP contribution in [-0.4, -0.2) is 18.2 Å². The van der Waals surface area contributed by atoms with Gasteiger partial charge in [0.05, 0.1) is 13.0 Å². The fraction of sp³-hybridized carbons (Fsp3) is 0.562. The smallest absolute Gasteiger partial charge is 0.306 e. The van der Waals surface area contributed by atoms with Gasteiger partial charge in [-0.15, -0.1) is 0 Å². The molecule has 0 spiro atoms. The van der Waals surface area contributed by atoms with Gasteiger partial charge in [-0.05, 0) is 24.5 Å². The van der Waals surface area contributed by atoms with E-state index < -0.39 is 5.97 Å². The van der Waals surface area contributed by atoms with Gasteiger partial charge in [0, 0.05) is 0 Å². The number of rotatable bonds is 9. The van der Waals surface area contributed by atoms with Gasteiger partial charge in [0.1, 0.15) is 5.75 Å². The molecule has 106 valence electrons. The minimum atomic E-state index is -0.706. The predicted octanol–water partition coefficient (Wildman–Crippen LogP) is 3.91. The largest absolute Gasteiger partial charge is 0.496 e. The second kappa shape index (κ2) is 8.57. The molecule has 0 aliphatic rings. The molecule has 0 fully saturated rings. The average Bonchev–Trinajstić information content (AvgIpc) is 2.42. The molecule has 1 unspecified atom stereocenters. The van der Waals surface area contributed by atoms with Crippen molar-refractivity contribution in [3.05, 3.63) is 29.8 Å². The molecule has 0 heterocycles. The standard InChI is InChI=1S/C16H24O3/c1-3-4-5-6-10-14(16(17)18)12-13-9-7-8-11-15(13)19-2/h7-9,11,14H,3-6,10,12H2,1-2H3,(H,17,18). The summed E-state index contributed by atoms with van der Waals surface area (Å²) in [5, 5.41) is 9.31. The van der Waals surface area contributed by atoms with E-state index in [1.54, 1.807) is 7.11 Å². The molecule has 3 heteroatoms. The topological polar surface area (TPSA) is 46.5 Å². The van der Waals surface area contributed by atoms with Crippen LogP contribution in [-0.2, 0) is 11.2 Å².